The highest BCUT2D eigenvalue weighted by molar-refractivity contribution is 7.99. The van der Waals surface area contributed by atoms with E-state index in [-0.39, 0.29) is 6.10 Å². The molecule has 0 fully saturated rings. The van der Waals surface area contributed by atoms with Crippen LogP contribution in [-0.4, -0.2) is 17.0 Å². The summed E-state index contributed by atoms with van der Waals surface area (Å²) in [6, 6.07) is 7.71. The summed E-state index contributed by atoms with van der Waals surface area (Å²) in [6.45, 7) is 2.08. The Hall–Kier alpha value is -0.180. The lowest BCUT2D eigenvalue weighted by molar-refractivity contribution is 0.188. The quantitative estimate of drug-likeness (QED) is 0.781. The van der Waals surface area contributed by atoms with Crippen LogP contribution in [0.5, 0.6) is 0 Å². The number of aliphatic hydroxyl groups is 1. The lowest BCUT2D eigenvalue weighted by Gasteiger charge is -2.08. The number of benzene rings is 1. The minimum Gasteiger partial charge on any atom is -0.392 e. The Balaban J connectivity index is 2.37. The van der Waals surface area contributed by atoms with Gasteiger partial charge < -0.3 is 5.11 Å². The van der Waals surface area contributed by atoms with Crippen molar-refractivity contribution in [3.8, 4) is 0 Å². The fourth-order valence-corrected chi connectivity index (χ4v) is 2.36. The first-order valence-corrected chi connectivity index (χ1v) is 6.15. The van der Waals surface area contributed by atoms with Gasteiger partial charge >= 0.3 is 0 Å². The van der Waals surface area contributed by atoms with Gasteiger partial charge in [-0.3, -0.25) is 0 Å². The lowest BCUT2D eigenvalue weighted by atomic mass is 10.2. The summed E-state index contributed by atoms with van der Waals surface area (Å²) in [4.78, 5) is 1.12. The van der Waals surface area contributed by atoms with Gasteiger partial charge in [-0.15, -0.1) is 11.8 Å². The van der Waals surface area contributed by atoms with Crippen molar-refractivity contribution < 1.29 is 5.11 Å². The second-order valence-electron chi connectivity index (χ2n) is 3.21. The molecule has 0 spiro atoms. The molecule has 78 valence electrons. The summed E-state index contributed by atoms with van der Waals surface area (Å²) in [5.74, 6) is 0.744. The van der Waals surface area contributed by atoms with Crippen LogP contribution in [0, 0.1) is 0 Å². The molecule has 1 aromatic rings. The number of halogens is 1. The molecule has 0 aliphatic rings. The average molecular weight is 231 g/mol. The van der Waals surface area contributed by atoms with Gasteiger partial charge in [0.05, 0.1) is 6.10 Å². The van der Waals surface area contributed by atoms with Crippen LogP contribution in [0.25, 0.3) is 0 Å². The lowest BCUT2D eigenvalue weighted by Crippen LogP contribution is -2.08. The SMILES string of the molecule is CCCC(O)CSc1cccc(Cl)c1. The summed E-state index contributed by atoms with van der Waals surface area (Å²) in [7, 11) is 0. The molecule has 3 heteroatoms. The molecular weight excluding hydrogens is 216 g/mol. The number of thioether (sulfide) groups is 1. The molecule has 1 unspecified atom stereocenters. The third-order valence-corrected chi connectivity index (χ3v) is 3.23. The van der Waals surface area contributed by atoms with Gasteiger partial charge in [0.25, 0.3) is 0 Å². The maximum atomic E-state index is 9.53. The predicted octanol–water partition coefficient (Wildman–Crippen LogP) is 3.59. The van der Waals surface area contributed by atoms with E-state index in [4.69, 9.17) is 11.6 Å². The first-order chi connectivity index (χ1) is 6.72. The average Bonchev–Trinajstić information content (AvgIpc) is 2.15. The fraction of sp³-hybridized carbons (Fsp3) is 0.455. The molecule has 1 atom stereocenters. The zero-order chi connectivity index (χ0) is 10.4. The van der Waals surface area contributed by atoms with E-state index in [1.165, 1.54) is 0 Å². The van der Waals surface area contributed by atoms with Crippen molar-refractivity contribution in [1.29, 1.82) is 0 Å². The van der Waals surface area contributed by atoms with Gasteiger partial charge in [0.1, 0.15) is 0 Å². The Bertz CT molecular complexity index is 278. The Morgan fingerprint density at radius 2 is 2.29 bits per heavy atom. The first-order valence-electron chi connectivity index (χ1n) is 4.78. The topological polar surface area (TPSA) is 20.2 Å². The minimum atomic E-state index is -0.205. The van der Waals surface area contributed by atoms with Crippen molar-refractivity contribution in [3.63, 3.8) is 0 Å². The molecule has 0 saturated heterocycles. The summed E-state index contributed by atoms with van der Waals surface area (Å²) >= 11 is 7.49. The van der Waals surface area contributed by atoms with Gasteiger partial charge in [-0.1, -0.05) is 31.0 Å². The van der Waals surface area contributed by atoms with Gasteiger partial charge in [0.15, 0.2) is 0 Å². The standard InChI is InChI=1S/C11H15ClOS/c1-2-4-10(13)8-14-11-6-3-5-9(12)7-11/h3,5-7,10,13H,2,4,8H2,1H3. The zero-order valence-electron chi connectivity index (χ0n) is 8.24. The predicted molar refractivity (Wildman–Crippen MR) is 63.1 cm³/mol. The van der Waals surface area contributed by atoms with Crippen molar-refractivity contribution in [2.24, 2.45) is 0 Å². The molecule has 0 amide bonds. The first kappa shape index (κ1) is 11.9. The number of hydrogen-bond acceptors (Lipinski definition) is 2. The molecule has 0 aliphatic carbocycles. The van der Waals surface area contributed by atoms with E-state index in [0.29, 0.717) is 0 Å². The minimum absolute atomic E-state index is 0.205. The highest BCUT2D eigenvalue weighted by atomic mass is 35.5. The molecule has 1 N–H and O–H groups in total. The highest BCUT2D eigenvalue weighted by Gasteiger charge is 2.03. The summed E-state index contributed by atoms with van der Waals surface area (Å²) in [6.07, 6.45) is 1.69. The molecule has 0 saturated carbocycles. The molecular formula is C11H15ClOS. The van der Waals surface area contributed by atoms with Gasteiger partial charge in [0.2, 0.25) is 0 Å². The number of rotatable bonds is 5. The largest absolute Gasteiger partial charge is 0.392 e. The van der Waals surface area contributed by atoms with Crippen molar-refractivity contribution in [3.05, 3.63) is 29.3 Å². The Labute approximate surface area is 94.5 Å². The maximum absolute atomic E-state index is 9.53. The van der Waals surface area contributed by atoms with Crippen molar-refractivity contribution in [2.75, 3.05) is 5.75 Å². The van der Waals surface area contributed by atoms with E-state index in [1.54, 1.807) is 11.8 Å². The van der Waals surface area contributed by atoms with E-state index >= 15 is 0 Å². The van der Waals surface area contributed by atoms with Crippen LogP contribution in [0.15, 0.2) is 29.2 Å². The Kier molecular flexibility index (Phi) is 5.38. The summed E-state index contributed by atoms with van der Waals surface area (Å²) in [5.41, 5.74) is 0. The van der Waals surface area contributed by atoms with Gasteiger partial charge in [-0.2, -0.15) is 0 Å². The van der Waals surface area contributed by atoms with E-state index in [0.717, 1.165) is 28.5 Å². The molecule has 0 aromatic heterocycles. The monoisotopic (exact) mass is 230 g/mol. The Morgan fingerprint density at radius 3 is 2.93 bits per heavy atom. The smallest absolute Gasteiger partial charge is 0.0634 e. The van der Waals surface area contributed by atoms with Crippen LogP contribution in [-0.2, 0) is 0 Å². The maximum Gasteiger partial charge on any atom is 0.0634 e. The number of aliphatic hydroxyl groups excluding tert-OH is 1. The van der Waals surface area contributed by atoms with Crippen molar-refractivity contribution in [1.82, 2.24) is 0 Å². The van der Waals surface area contributed by atoms with Gasteiger partial charge in [-0.25, -0.2) is 0 Å². The van der Waals surface area contributed by atoms with E-state index in [2.05, 4.69) is 6.92 Å². The molecule has 1 nitrogen and oxygen atoms in total. The van der Waals surface area contributed by atoms with E-state index in [9.17, 15) is 5.11 Å². The van der Waals surface area contributed by atoms with Gasteiger partial charge in [0, 0.05) is 15.7 Å². The second kappa shape index (κ2) is 6.33. The third-order valence-electron chi connectivity index (χ3n) is 1.86. The van der Waals surface area contributed by atoms with Crippen LogP contribution in [0.4, 0.5) is 0 Å². The molecule has 0 aliphatic heterocycles. The van der Waals surface area contributed by atoms with Crippen molar-refractivity contribution in [2.45, 2.75) is 30.8 Å². The summed E-state index contributed by atoms with van der Waals surface area (Å²) in [5, 5.41) is 10.3. The second-order valence-corrected chi connectivity index (χ2v) is 4.74. The Morgan fingerprint density at radius 1 is 1.50 bits per heavy atom. The van der Waals surface area contributed by atoms with Crippen molar-refractivity contribution >= 4 is 23.4 Å². The van der Waals surface area contributed by atoms with E-state index < -0.39 is 0 Å². The van der Waals surface area contributed by atoms with Crippen LogP contribution in [0.1, 0.15) is 19.8 Å². The van der Waals surface area contributed by atoms with Crippen LogP contribution in [0.2, 0.25) is 5.02 Å². The van der Waals surface area contributed by atoms with Gasteiger partial charge in [-0.05, 0) is 24.6 Å². The summed E-state index contributed by atoms with van der Waals surface area (Å²) < 4.78 is 0. The number of hydrogen-bond donors (Lipinski definition) is 1. The van der Waals surface area contributed by atoms with Crippen LogP contribution < -0.4 is 0 Å². The molecule has 14 heavy (non-hydrogen) atoms. The normalized spacial score (nSPS) is 12.8. The molecule has 1 rings (SSSR count). The van der Waals surface area contributed by atoms with Crippen LogP contribution in [0.3, 0.4) is 0 Å². The fourth-order valence-electron chi connectivity index (χ4n) is 1.17. The third kappa shape index (κ3) is 4.36. The van der Waals surface area contributed by atoms with Crippen LogP contribution >= 0.6 is 23.4 Å². The molecule has 1 aromatic carbocycles. The highest BCUT2D eigenvalue weighted by Crippen LogP contribution is 2.22. The molecule has 0 bridgehead atoms. The zero-order valence-corrected chi connectivity index (χ0v) is 9.81. The molecule has 0 radical (unpaired) electrons. The van der Waals surface area contributed by atoms with E-state index in [1.807, 2.05) is 24.3 Å². The molecule has 0 heterocycles.